The van der Waals surface area contributed by atoms with Gasteiger partial charge in [0.15, 0.2) is 0 Å². The molecule has 2 aromatic carbocycles. The van der Waals surface area contributed by atoms with Gasteiger partial charge in [-0.15, -0.1) is 0 Å². The Labute approximate surface area is 120 Å². The number of rotatable bonds is 5. The third-order valence-corrected chi connectivity index (χ3v) is 3.95. The van der Waals surface area contributed by atoms with E-state index in [0.717, 1.165) is 19.4 Å². The number of nitrogens with zero attached hydrogens (tertiary/aromatic N) is 1. The third-order valence-electron chi connectivity index (χ3n) is 3.95. The van der Waals surface area contributed by atoms with Crippen molar-refractivity contribution in [1.82, 2.24) is 4.57 Å². The Morgan fingerprint density at radius 1 is 0.900 bits per heavy atom. The molecule has 0 amide bonds. The van der Waals surface area contributed by atoms with E-state index >= 15 is 0 Å². The van der Waals surface area contributed by atoms with Gasteiger partial charge in [0.2, 0.25) is 0 Å². The molecule has 0 radical (unpaired) electrons. The summed E-state index contributed by atoms with van der Waals surface area (Å²) >= 11 is 0. The van der Waals surface area contributed by atoms with E-state index in [1.54, 1.807) is 0 Å². The van der Waals surface area contributed by atoms with Gasteiger partial charge in [-0.05, 0) is 54.0 Å². The number of hydrogen-bond acceptors (Lipinski definition) is 0. The molecule has 0 bridgehead atoms. The van der Waals surface area contributed by atoms with E-state index < -0.39 is 0 Å². The molecule has 0 unspecified atom stereocenters. The standard InChI is InChI=1S/C19H21N/c1-2-16-10-11-19-18(15-16)12-14-20(19)13-6-9-17-7-4-3-5-8-17/h3-5,7-8,10-12,14-15H,2,6,9,13H2,1H3. The summed E-state index contributed by atoms with van der Waals surface area (Å²) in [5, 5.41) is 1.36. The fourth-order valence-corrected chi connectivity index (χ4v) is 2.76. The van der Waals surface area contributed by atoms with E-state index in [1.807, 2.05) is 0 Å². The summed E-state index contributed by atoms with van der Waals surface area (Å²) in [4.78, 5) is 0. The molecule has 0 fully saturated rings. The van der Waals surface area contributed by atoms with Crippen molar-refractivity contribution < 1.29 is 0 Å². The Bertz CT molecular complexity index is 679. The Morgan fingerprint density at radius 3 is 2.55 bits per heavy atom. The van der Waals surface area contributed by atoms with Gasteiger partial charge in [-0.3, -0.25) is 0 Å². The maximum atomic E-state index is 2.37. The zero-order valence-electron chi connectivity index (χ0n) is 12.0. The summed E-state index contributed by atoms with van der Waals surface area (Å²) in [6.45, 7) is 3.29. The lowest BCUT2D eigenvalue weighted by Crippen LogP contribution is -1.98. The lowest BCUT2D eigenvalue weighted by molar-refractivity contribution is 0.662. The highest BCUT2D eigenvalue weighted by Gasteiger charge is 2.02. The molecule has 0 spiro atoms. The molecule has 0 saturated carbocycles. The van der Waals surface area contributed by atoms with Crippen LogP contribution < -0.4 is 0 Å². The van der Waals surface area contributed by atoms with Crippen LogP contribution in [0.2, 0.25) is 0 Å². The molecule has 1 nitrogen and oxygen atoms in total. The van der Waals surface area contributed by atoms with Gasteiger partial charge in [0.05, 0.1) is 0 Å². The molecule has 0 N–H and O–H groups in total. The van der Waals surface area contributed by atoms with E-state index in [1.165, 1.54) is 28.5 Å². The van der Waals surface area contributed by atoms with Crippen LogP contribution in [0.3, 0.4) is 0 Å². The second kappa shape index (κ2) is 5.96. The second-order valence-electron chi connectivity index (χ2n) is 5.35. The summed E-state index contributed by atoms with van der Waals surface area (Å²) in [7, 11) is 0. The molecule has 0 saturated heterocycles. The molecule has 0 aliphatic heterocycles. The minimum atomic E-state index is 1.09. The largest absolute Gasteiger partial charge is 0.347 e. The Hall–Kier alpha value is -2.02. The van der Waals surface area contributed by atoms with Gasteiger partial charge < -0.3 is 4.57 Å². The predicted octanol–water partition coefficient (Wildman–Crippen LogP) is 4.84. The zero-order chi connectivity index (χ0) is 13.8. The number of aryl methyl sites for hydroxylation is 3. The summed E-state index contributed by atoms with van der Waals surface area (Å²) in [5.74, 6) is 0. The van der Waals surface area contributed by atoms with Crippen molar-refractivity contribution in [3.8, 4) is 0 Å². The molecule has 3 rings (SSSR count). The number of hydrogen-bond donors (Lipinski definition) is 0. The highest BCUT2D eigenvalue weighted by molar-refractivity contribution is 5.80. The fourth-order valence-electron chi connectivity index (χ4n) is 2.76. The van der Waals surface area contributed by atoms with Gasteiger partial charge in [-0.25, -0.2) is 0 Å². The van der Waals surface area contributed by atoms with Crippen LogP contribution in [0.4, 0.5) is 0 Å². The smallest absolute Gasteiger partial charge is 0.0480 e. The predicted molar refractivity (Wildman–Crippen MR) is 86.1 cm³/mol. The van der Waals surface area contributed by atoms with Gasteiger partial charge in [0, 0.05) is 18.3 Å². The first-order valence-corrected chi connectivity index (χ1v) is 7.48. The van der Waals surface area contributed by atoms with Crippen molar-refractivity contribution in [3.05, 3.63) is 71.9 Å². The Balaban J connectivity index is 1.69. The maximum absolute atomic E-state index is 2.37. The van der Waals surface area contributed by atoms with E-state index in [0.29, 0.717) is 0 Å². The molecule has 102 valence electrons. The van der Waals surface area contributed by atoms with Crippen LogP contribution in [0.25, 0.3) is 10.9 Å². The van der Waals surface area contributed by atoms with Crippen molar-refractivity contribution in [1.29, 1.82) is 0 Å². The molecule has 0 atom stereocenters. The second-order valence-corrected chi connectivity index (χ2v) is 5.35. The molecule has 3 aromatic rings. The van der Waals surface area contributed by atoms with Gasteiger partial charge in [0.25, 0.3) is 0 Å². The van der Waals surface area contributed by atoms with Crippen LogP contribution in [-0.4, -0.2) is 4.57 Å². The molecular weight excluding hydrogens is 242 g/mol. The third kappa shape index (κ3) is 2.77. The van der Waals surface area contributed by atoms with Gasteiger partial charge in [0.1, 0.15) is 0 Å². The summed E-state index contributed by atoms with van der Waals surface area (Å²) in [6, 6.07) is 19.8. The lowest BCUT2D eigenvalue weighted by Gasteiger charge is -2.06. The number of benzene rings is 2. The minimum absolute atomic E-state index is 1.09. The fraction of sp³-hybridized carbons (Fsp3) is 0.263. The number of fused-ring (bicyclic) bond motifs is 1. The Kier molecular flexibility index (Phi) is 3.87. The van der Waals surface area contributed by atoms with Gasteiger partial charge in [-0.1, -0.05) is 43.3 Å². The average molecular weight is 263 g/mol. The molecule has 1 heterocycles. The monoisotopic (exact) mass is 263 g/mol. The zero-order valence-corrected chi connectivity index (χ0v) is 12.0. The molecule has 1 aromatic heterocycles. The normalized spacial score (nSPS) is 11.1. The molecular formula is C19H21N. The SMILES string of the molecule is CCc1ccc2c(ccn2CCCc2ccccc2)c1. The Morgan fingerprint density at radius 2 is 1.75 bits per heavy atom. The molecule has 0 aliphatic carbocycles. The topological polar surface area (TPSA) is 4.93 Å². The van der Waals surface area contributed by atoms with Crippen molar-refractivity contribution in [3.63, 3.8) is 0 Å². The minimum Gasteiger partial charge on any atom is -0.347 e. The van der Waals surface area contributed by atoms with Crippen molar-refractivity contribution in [2.45, 2.75) is 32.7 Å². The molecule has 1 heteroatoms. The summed E-state index contributed by atoms with van der Waals surface area (Å²) in [6.07, 6.45) is 5.65. The molecule has 20 heavy (non-hydrogen) atoms. The van der Waals surface area contributed by atoms with Crippen LogP contribution in [0, 0.1) is 0 Å². The quantitative estimate of drug-likeness (QED) is 0.621. The van der Waals surface area contributed by atoms with Crippen molar-refractivity contribution in [2.75, 3.05) is 0 Å². The van der Waals surface area contributed by atoms with E-state index in [4.69, 9.17) is 0 Å². The van der Waals surface area contributed by atoms with E-state index in [-0.39, 0.29) is 0 Å². The highest BCUT2D eigenvalue weighted by atomic mass is 14.9. The first kappa shape index (κ1) is 13.0. The number of aromatic nitrogens is 1. The van der Waals surface area contributed by atoms with E-state index in [9.17, 15) is 0 Å². The van der Waals surface area contributed by atoms with E-state index in [2.05, 4.69) is 72.3 Å². The summed E-state index contributed by atoms with van der Waals surface area (Å²) < 4.78 is 2.37. The lowest BCUT2D eigenvalue weighted by atomic mass is 10.1. The van der Waals surface area contributed by atoms with Gasteiger partial charge in [-0.2, -0.15) is 0 Å². The summed E-state index contributed by atoms with van der Waals surface area (Å²) in [5.41, 5.74) is 4.20. The van der Waals surface area contributed by atoms with Crippen LogP contribution in [0.5, 0.6) is 0 Å². The van der Waals surface area contributed by atoms with Crippen LogP contribution in [0.1, 0.15) is 24.5 Å². The van der Waals surface area contributed by atoms with Crippen molar-refractivity contribution in [2.24, 2.45) is 0 Å². The van der Waals surface area contributed by atoms with Gasteiger partial charge >= 0.3 is 0 Å². The molecule has 0 aliphatic rings. The first-order valence-electron chi connectivity index (χ1n) is 7.48. The highest BCUT2D eigenvalue weighted by Crippen LogP contribution is 2.18. The maximum Gasteiger partial charge on any atom is 0.0480 e. The first-order chi connectivity index (χ1) is 9.86. The van der Waals surface area contributed by atoms with Crippen LogP contribution in [0.15, 0.2) is 60.8 Å². The van der Waals surface area contributed by atoms with Crippen LogP contribution in [-0.2, 0) is 19.4 Å². The average Bonchev–Trinajstić information content (AvgIpc) is 2.91. The van der Waals surface area contributed by atoms with Crippen LogP contribution >= 0.6 is 0 Å². The van der Waals surface area contributed by atoms with Crippen molar-refractivity contribution >= 4 is 10.9 Å².